The molecule has 0 saturated carbocycles. The first-order valence-electron chi connectivity index (χ1n) is 10.2. The number of rotatable bonds is 8. The Hall–Kier alpha value is -1.10. The van der Waals surface area contributed by atoms with Crippen LogP contribution in [0, 0.1) is 5.92 Å². The first-order chi connectivity index (χ1) is 13.8. The molecule has 0 bridgehead atoms. The smallest absolute Gasteiger partial charge is 0.193 e. The maximum atomic E-state index is 5.69. The van der Waals surface area contributed by atoms with Gasteiger partial charge in [0.2, 0.25) is 0 Å². The van der Waals surface area contributed by atoms with E-state index in [1.165, 1.54) is 11.3 Å². The number of hydrogen-bond donors (Lipinski definition) is 1. The van der Waals surface area contributed by atoms with Gasteiger partial charge in [0, 0.05) is 58.5 Å². The Balaban J connectivity index is 0.00000300. The fraction of sp³-hybridized carbons (Fsp3) is 0.667. The van der Waals surface area contributed by atoms with Crippen LogP contribution >= 0.6 is 24.0 Å². The minimum absolute atomic E-state index is 0. The van der Waals surface area contributed by atoms with Crippen LogP contribution in [0.3, 0.4) is 0 Å². The fourth-order valence-corrected chi connectivity index (χ4v) is 3.71. The zero-order valence-corrected chi connectivity index (χ0v) is 20.0. The minimum Gasteiger partial charge on any atom is -0.382 e. The summed E-state index contributed by atoms with van der Waals surface area (Å²) in [5, 5.41) is 3.51. The number of halogens is 1. The summed E-state index contributed by atoms with van der Waals surface area (Å²) in [4.78, 5) is 9.17. The summed E-state index contributed by atoms with van der Waals surface area (Å²) in [5.74, 6) is 1.53. The van der Waals surface area contributed by atoms with Crippen LogP contribution < -0.4 is 10.2 Å². The quantitative estimate of drug-likeness (QED) is 0.247. The van der Waals surface area contributed by atoms with Crippen molar-refractivity contribution in [3.05, 3.63) is 29.8 Å². The van der Waals surface area contributed by atoms with E-state index in [4.69, 9.17) is 14.2 Å². The van der Waals surface area contributed by atoms with Gasteiger partial charge in [-0.2, -0.15) is 0 Å². The molecule has 1 aromatic rings. The van der Waals surface area contributed by atoms with Crippen LogP contribution in [0.2, 0.25) is 0 Å². The molecular weight excluding hydrogens is 483 g/mol. The van der Waals surface area contributed by atoms with E-state index in [-0.39, 0.29) is 24.0 Å². The maximum absolute atomic E-state index is 5.69. The van der Waals surface area contributed by atoms with Gasteiger partial charge in [0.05, 0.1) is 33.0 Å². The Morgan fingerprint density at radius 2 is 1.93 bits per heavy atom. The lowest BCUT2D eigenvalue weighted by atomic mass is 10.1. The number of morpholine rings is 1. The second kappa shape index (κ2) is 13.3. The molecule has 0 aliphatic carbocycles. The fourth-order valence-electron chi connectivity index (χ4n) is 3.71. The third-order valence-corrected chi connectivity index (χ3v) is 5.35. The number of nitrogens with one attached hydrogen (secondary N) is 1. The van der Waals surface area contributed by atoms with Crippen LogP contribution in [0.4, 0.5) is 5.69 Å². The van der Waals surface area contributed by atoms with Gasteiger partial charge >= 0.3 is 0 Å². The van der Waals surface area contributed by atoms with Gasteiger partial charge in [-0.15, -0.1) is 24.0 Å². The average molecular weight is 518 g/mol. The molecule has 1 N–H and O–H groups in total. The van der Waals surface area contributed by atoms with Crippen molar-refractivity contribution >= 4 is 35.6 Å². The van der Waals surface area contributed by atoms with Crippen LogP contribution in [-0.2, 0) is 20.8 Å². The zero-order valence-electron chi connectivity index (χ0n) is 17.6. The minimum atomic E-state index is 0. The van der Waals surface area contributed by atoms with E-state index in [1.54, 1.807) is 7.11 Å². The molecule has 0 aromatic heterocycles. The summed E-state index contributed by atoms with van der Waals surface area (Å²) in [7, 11) is 3.55. The number of nitrogens with zero attached hydrogens (tertiary/aromatic N) is 3. The molecule has 3 rings (SSSR count). The SMILES string of the molecule is CN=C(NCc1ccc(N2CCOCC2)cc1)N1CCC(COCCOC)C1.I. The monoisotopic (exact) mass is 518 g/mol. The standard InChI is InChI=1S/C21H34N4O3.HI/c1-22-21(25-8-7-19(16-25)17-28-14-13-26-2)23-15-18-3-5-20(6-4-18)24-9-11-27-12-10-24;/h3-6,19H,7-17H2,1-2H3,(H,22,23);1H. The molecule has 2 aliphatic heterocycles. The van der Waals surface area contributed by atoms with Crippen LogP contribution in [0.25, 0.3) is 0 Å². The molecule has 2 saturated heterocycles. The number of guanidine groups is 1. The van der Waals surface area contributed by atoms with Crippen molar-refractivity contribution in [1.82, 2.24) is 10.2 Å². The third-order valence-electron chi connectivity index (χ3n) is 5.35. The Morgan fingerprint density at radius 1 is 1.17 bits per heavy atom. The van der Waals surface area contributed by atoms with Crippen molar-refractivity contribution in [2.24, 2.45) is 10.9 Å². The molecule has 2 heterocycles. The van der Waals surface area contributed by atoms with Crippen molar-refractivity contribution in [3.8, 4) is 0 Å². The maximum Gasteiger partial charge on any atom is 0.193 e. The van der Waals surface area contributed by atoms with E-state index >= 15 is 0 Å². The molecule has 8 heteroatoms. The lowest BCUT2D eigenvalue weighted by molar-refractivity contribution is 0.0536. The second-order valence-corrected chi connectivity index (χ2v) is 7.34. The summed E-state index contributed by atoms with van der Waals surface area (Å²) >= 11 is 0. The number of hydrogen-bond acceptors (Lipinski definition) is 5. The molecule has 2 fully saturated rings. The topological polar surface area (TPSA) is 58.6 Å². The highest BCUT2D eigenvalue weighted by atomic mass is 127. The summed E-state index contributed by atoms with van der Waals surface area (Å²) in [6.07, 6.45) is 1.14. The van der Waals surface area contributed by atoms with Crippen molar-refractivity contribution in [3.63, 3.8) is 0 Å². The first kappa shape index (κ1) is 24.2. The van der Waals surface area contributed by atoms with Crippen molar-refractivity contribution in [2.45, 2.75) is 13.0 Å². The van der Waals surface area contributed by atoms with E-state index in [9.17, 15) is 0 Å². The van der Waals surface area contributed by atoms with Crippen LogP contribution in [0.5, 0.6) is 0 Å². The first-order valence-corrected chi connectivity index (χ1v) is 10.2. The molecule has 29 heavy (non-hydrogen) atoms. The van der Waals surface area contributed by atoms with E-state index in [0.717, 1.165) is 64.9 Å². The summed E-state index contributed by atoms with van der Waals surface area (Å²) in [6.45, 7) is 8.47. The molecular formula is C21H35IN4O3. The number of methoxy groups -OCH3 is 1. The highest BCUT2D eigenvalue weighted by molar-refractivity contribution is 14.0. The largest absolute Gasteiger partial charge is 0.382 e. The normalized spacial score (nSPS) is 19.9. The Labute approximate surface area is 191 Å². The molecule has 2 aliphatic rings. The zero-order chi connectivity index (χ0) is 19.6. The van der Waals surface area contributed by atoms with Crippen molar-refractivity contribution in [1.29, 1.82) is 0 Å². The lowest BCUT2D eigenvalue weighted by Crippen LogP contribution is -2.40. The number of aliphatic imine (C=N–C) groups is 1. The van der Waals surface area contributed by atoms with E-state index in [0.29, 0.717) is 19.1 Å². The lowest BCUT2D eigenvalue weighted by Gasteiger charge is -2.29. The van der Waals surface area contributed by atoms with Gasteiger partial charge in [-0.25, -0.2) is 0 Å². The van der Waals surface area contributed by atoms with Crippen molar-refractivity contribution in [2.75, 3.05) is 78.3 Å². The Bertz CT molecular complexity index is 608. The van der Waals surface area contributed by atoms with Crippen LogP contribution in [0.1, 0.15) is 12.0 Å². The van der Waals surface area contributed by atoms with E-state index < -0.39 is 0 Å². The van der Waals surface area contributed by atoms with E-state index in [1.807, 2.05) is 7.05 Å². The van der Waals surface area contributed by atoms with Crippen LogP contribution in [0.15, 0.2) is 29.3 Å². The molecule has 164 valence electrons. The molecule has 7 nitrogen and oxygen atoms in total. The predicted octanol–water partition coefficient (Wildman–Crippen LogP) is 2.20. The van der Waals surface area contributed by atoms with Crippen LogP contribution in [-0.4, -0.2) is 84.2 Å². The highest BCUT2D eigenvalue weighted by Crippen LogP contribution is 2.18. The summed E-state index contributed by atoms with van der Waals surface area (Å²) in [5.41, 5.74) is 2.53. The molecule has 0 radical (unpaired) electrons. The molecule has 1 aromatic carbocycles. The van der Waals surface area contributed by atoms with Crippen molar-refractivity contribution < 1.29 is 14.2 Å². The van der Waals surface area contributed by atoms with Gasteiger partial charge in [-0.1, -0.05) is 12.1 Å². The number of anilines is 1. The third kappa shape index (κ3) is 7.58. The number of ether oxygens (including phenoxy) is 3. The van der Waals surface area contributed by atoms with Gasteiger partial charge < -0.3 is 29.3 Å². The second-order valence-electron chi connectivity index (χ2n) is 7.34. The highest BCUT2D eigenvalue weighted by Gasteiger charge is 2.24. The molecule has 1 atom stereocenters. The van der Waals surface area contributed by atoms with Gasteiger partial charge in [-0.05, 0) is 24.1 Å². The van der Waals surface area contributed by atoms with E-state index in [2.05, 4.69) is 44.4 Å². The van der Waals surface area contributed by atoms with Gasteiger partial charge in [-0.3, -0.25) is 4.99 Å². The van der Waals surface area contributed by atoms with Gasteiger partial charge in [0.25, 0.3) is 0 Å². The Morgan fingerprint density at radius 3 is 2.62 bits per heavy atom. The number of likely N-dealkylation sites (tertiary alicyclic amines) is 1. The summed E-state index contributed by atoms with van der Waals surface area (Å²) in [6, 6.07) is 8.80. The molecule has 1 unspecified atom stereocenters. The van der Waals surface area contributed by atoms with Gasteiger partial charge in [0.1, 0.15) is 0 Å². The summed E-state index contributed by atoms with van der Waals surface area (Å²) < 4.78 is 16.1. The molecule has 0 spiro atoms. The Kier molecular flexibility index (Phi) is 11.0. The predicted molar refractivity (Wildman–Crippen MR) is 127 cm³/mol. The van der Waals surface area contributed by atoms with Gasteiger partial charge in [0.15, 0.2) is 5.96 Å². The average Bonchev–Trinajstić information content (AvgIpc) is 3.21. The number of benzene rings is 1. The molecule has 0 amide bonds.